The molecule has 2 rings (SSSR count). The highest BCUT2D eigenvalue weighted by molar-refractivity contribution is 9.10. The number of benzene rings is 1. The average molecular weight is 313 g/mol. The van der Waals surface area contributed by atoms with Crippen molar-refractivity contribution < 1.29 is 14.3 Å². The number of carboxylic acids is 1. The molecule has 2 aromatic rings. The van der Waals surface area contributed by atoms with Crippen LogP contribution in [0.4, 0.5) is 0 Å². The molecule has 0 atom stereocenters. The van der Waals surface area contributed by atoms with Crippen molar-refractivity contribution in [1.82, 2.24) is 0 Å². The Kier molecular flexibility index (Phi) is 3.91. The third-order valence-electron chi connectivity index (χ3n) is 2.12. The van der Waals surface area contributed by atoms with Crippen LogP contribution in [0, 0.1) is 0 Å². The lowest BCUT2D eigenvalue weighted by molar-refractivity contribution is 0.0693. The third-order valence-corrected chi connectivity index (χ3v) is 3.69. The number of hydrogen-bond acceptors (Lipinski definition) is 3. The molecule has 1 heterocycles. The lowest BCUT2D eigenvalue weighted by Gasteiger charge is -2.05. The van der Waals surface area contributed by atoms with Crippen molar-refractivity contribution in [3.8, 4) is 0 Å². The molecule has 0 aliphatic carbocycles. The molecule has 1 N–H and O–H groups in total. The summed E-state index contributed by atoms with van der Waals surface area (Å²) in [6.45, 7) is 0. The molecule has 0 aliphatic rings. The smallest absolute Gasteiger partial charge is 0.336 e. The fourth-order valence-electron chi connectivity index (χ4n) is 1.34. The van der Waals surface area contributed by atoms with E-state index in [2.05, 4.69) is 15.9 Å². The Labute approximate surface area is 111 Å². The van der Waals surface area contributed by atoms with Gasteiger partial charge in [0, 0.05) is 9.37 Å². The Morgan fingerprint density at radius 3 is 2.88 bits per heavy atom. The molecule has 5 heteroatoms. The highest BCUT2D eigenvalue weighted by Gasteiger charge is 2.11. The van der Waals surface area contributed by atoms with Gasteiger partial charge in [0.1, 0.15) is 5.76 Å². The van der Waals surface area contributed by atoms with Gasteiger partial charge < -0.3 is 9.52 Å². The van der Waals surface area contributed by atoms with Crippen LogP contribution in [0.2, 0.25) is 0 Å². The highest BCUT2D eigenvalue weighted by Crippen LogP contribution is 2.29. The van der Waals surface area contributed by atoms with Crippen LogP contribution in [0.5, 0.6) is 0 Å². The first kappa shape index (κ1) is 12.3. The number of halogens is 1. The maximum atomic E-state index is 11.0. The Bertz CT molecular complexity index is 523. The zero-order valence-corrected chi connectivity index (χ0v) is 11.1. The van der Waals surface area contributed by atoms with E-state index in [0.29, 0.717) is 11.3 Å². The van der Waals surface area contributed by atoms with Gasteiger partial charge in [-0.1, -0.05) is 15.9 Å². The van der Waals surface area contributed by atoms with E-state index in [1.807, 2.05) is 12.1 Å². The number of carboxylic acid groups (broad SMARTS) is 1. The minimum atomic E-state index is -0.917. The van der Waals surface area contributed by atoms with Crippen molar-refractivity contribution in [2.75, 3.05) is 0 Å². The second-order valence-corrected chi connectivity index (χ2v) is 5.25. The molecule has 0 unspecified atom stereocenters. The lowest BCUT2D eigenvalue weighted by Crippen LogP contribution is -1.98. The first-order chi connectivity index (χ1) is 8.16. The molecular weight excluding hydrogens is 304 g/mol. The van der Waals surface area contributed by atoms with Crippen LogP contribution in [0.1, 0.15) is 16.1 Å². The van der Waals surface area contributed by atoms with Crippen LogP contribution in [0.15, 0.2) is 50.4 Å². The lowest BCUT2D eigenvalue weighted by atomic mass is 10.2. The van der Waals surface area contributed by atoms with Gasteiger partial charge in [-0.25, -0.2) is 4.79 Å². The summed E-state index contributed by atoms with van der Waals surface area (Å²) in [6, 6.07) is 8.80. The monoisotopic (exact) mass is 312 g/mol. The van der Waals surface area contributed by atoms with E-state index >= 15 is 0 Å². The Balaban J connectivity index is 2.19. The molecule has 1 aromatic carbocycles. The molecule has 1 aromatic heterocycles. The van der Waals surface area contributed by atoms with E-state index in [-0.39, 0.29) is 0 Å². The summed E-state index contributed by atoms with van der Waals surface area (Å²) in [5.74, 6) is 0.523. The minimum Gasteiger partial charge on any atom is -0.478 e. The zero-order chi connectivity index (χ0) is 12.3. The van der Waals surface area contributed by atoms with Crippen molar-refractivity contribution in [2.45, 2.75) is 10.6 Å². The van der Waals surface area contributed by atoms with Gasteiger partial charge in [-0.2, -0.15) is 0 Å². The summed E-state index contributed by atoms with van der Waals surface area (Å²) < 4.78 is 6.07. The number of hydrogen-bond donors (Lipinski definition) is 1. The number of furan rings is 1. The minimum absolute atomic E-state index is 0.310. The zero-order valence-electron chi connectivity index (χ0n) is 8.72. The van der Waals surface area contributed by atoms with E-state index in [1.54, 1.807) is 24.5 Å². The van der Waals surface area contributed by atoms with E-state index in [4.69, 9.17) is 9.52 Å². The first-order valence-electron chi connectivity index (χ1n) is 4.85. The maximum absolute atomic E-state index is 11.0. The summed E-state index contributed by atoms with van der Waals surface area (Å²) in [6.07, 6.45) is 1.61. The molecule has 0 fully saturated rings. The quantitative estimate of drug-likeness (QED) is 0.866. The molecule has 88 valence electrons. The van der Waals surface area contributed by atoms with E-state index in [9.17, 15) is 4.79 Å². The average Bonchev–Trinajstić information content (AvgIpc) is 2.78. The summed E-state index contributed by atoms with van der Waals surface area (Å²) in [5.41, 5.74) is 0.310. The molecule has 0 spiro atoms. The van der Waals surface area contributed by atoms with E-state index in [1.165, 1.54) is 11.8 Å². The first-order valence-corrected chi connectivity index (χ1v) is 6.62. The van der Waals surface area contributed by atoms with Crippen LogP contribution in [-0.4, -0.2) is 11.1 Å². The van der Waals surface area contributed by atoms with Crippen molar-refractivity contribution in [1.29, 1.82) is 0 Å². The highest BCUT2D eigenvalue weighted by atomic mass is 79.9. The van der Waals surface area contributed by atoms with Crippen molar-refractivity contribution >= 4 is 33.7 Å². The Hall–Kier alpha value is -1.20. The number of thioether (sulfide) groups is 1. The second kappa shape index (κ2) is 5.42. The molecule has 17 heavy (non-hydrogen) atoms. The Morgan fingerprint density at radius 2 is 2.24 bits per heavy atom. The summed E-state index contributed by atoms with van der Waals surface area (Å²) in [7, 11) is 0. The largest absolute Gasteiger partial charge is 0.478 e. The van der Waals surface area contributed by atoms with Gasteiger partial charge in [0.05, 0.1) is 17.6 Å². The molecule has 0 radical (unpaired) electrons. The van der Waals surface area contributed by atoms with Gasteiger partial charge in [-0.3, -0.25) is 0 Å². The maximum Gasteiger partial charge on any atom is 0.336 e. The molecule has 0 saturated carbocycles. The topological polar surface area (TPSA) is 50.4 Å². The van der Waals surface area contributed by atoms with Crippen LogP contribution in [0.3, 0.4) is 0 Å². The van der Waals surface area contributed by atoms with Gasteiger partial charge in [0.25, 0.3) is 0 Å². The van der Waals surface area contributed by atoms with Crippen molar-refractivity contribution in [2.24, 2.45) is 0 Å². The van der Waals surface area contributed by atoms with E-state index in [0.717, 1.165) is 15.1 Å². The van der Waals surface area contributed by atoms with Crippen molar-refractivity contribution in [3.63, 3.8) is 0 Å². The van der Waals surface area contributed by atoms with E-state index < -0.39 is 5.97 Å². The van der Waals surface area contributed by atoms with Gasteiger partial charge in [-0.05, 0) is 30.3 Å². The predicted octanol–water partition coefficient (Wildman–Crippen LogP) is 4.03. The van der Waals surface area contributed by atoms with Crippen LogP contribution >= 0.6 is 27.7 Å². The molecule has 0 saturated heterocycles. The summed E-state index contributed by atoms with van der Waals surface area (Å²) >= 11 is 4.78. The summed E-state index contributed by atoms with van der Waals surface area (Å²) in [5, 5.41) is 9.06. The number of rotatable bonds is 4. The van der Waals surface area contributed by atoms with Gasteiger partial charge in [-0.15, -0.1) is 11.8 Å². The van der Waals surface area contributed by atoms with Crippen LogP contribution in [-0.2, 0) is 5.75 Å². The van der Waals surface area contributed by atoms with Crippen LogP contribution < -0.4 is 0 Å². The molecule has 0 aliphatic heterocycles. The van der Waals surface area contributed by atoms with Crippen molar-refractivity contribution in [3.05, 3.63) is 52.4 Å². The Morgan fingerprint density at radius 1 is 1.41 bits per heavy atom. The predicted molar refractivity (Wildman–Crippen MR) is 69.4 cm³/mol. The SMILES string of the molecule is O=C(O)c1ccc(Br)cc1SCc1ccco1. The van der Waals surface area contributed by atoms with Gasteiger partial charge in [0.2, 0.25) is 0 Å². The van der Waals surface area contributed by atoms with Gasteiger partial charge >= 0.3 is 5.97 Å². The number of carbonyl (C=O) groups is 1. The molecule has 0 amide bonds. The normalized spacial score (nSPS) is 10.4. The summed E-state index contributed by atoms with van der Waals surface area (Å²) in [4.78, 5) is 11.8. The van der Waals surface area contributed by atoms with Crippen LogP contribution in [0.25, 0.3) is 0 Å². The third kappa shape index (κ3) is 3.14. The van der Waals surface area contributed by atoms with Gasteiger partial charge in [0.15, 0.2) is 0 Å². The molecule has 3 nitrogen and oxygen atoms in total. The number of aromatic carboxylic acids is 1. The fraction of sp³-hybridized carbons (Fsp3) is 0.0833. The second-order valence-electron chi connectivity index (χ2n) is 3.31. The molecular formula is C12H9BrO3S. The standard InChI is InChI=1S/C12H9BrO3S/c13-8-3-4-10(12(14)15)11(6-8)17-7-9-2-1-5-16-9/h1-6H,7H2,(H,14,15). The fourth-order valence-corrected chi connectivity index (χ4v) is 2.83. The molecule has 0 bridgehead atoms.